The SMILES string of the molecule is COc1ccc(C2CCNCC2C2CCCC2)cc1Cl. The van der Waals surface area contributed by atoms with Crippen LogP contribution in [0.1, 0.15) is 43.6 Å². The summed E-state index contributed by atoms with van der Waals surface area (Å²) in [6, 6.07) is 6.35. The number of hydrogen-bond acceptors (Lipinski definition) is 2. The van der Waals surface area contributed by atoms with E-state index in [9.17, 15) is 0 Å². The molecule has 20 heavy (non-hydrogen) atoms. The van der Waals surface area contributed by atoms with E-state index in [1.54, 1.807) is 7.11 Å². The molecular formula is C17H24ClNO. The summed E-state index contributed by atoms with van der Waals surface area (Å²) in [6.45, 7) is 2.29. The van der Waals surface area contributed by atoms with E-state index in [2.05, 4.69) is 17.4 Å². The molecule has 2 atom stereocenters. The Morgan fingerprint density at radius 2 is 2.00 bits per heavy atom. The Morgan fingerprint density at radius 1 is 1.20 bits per heavy atom. The average molecular weight is 294 g/mol. The van der Waals surface area contributed by atoms with Crippen molar-refractivity contribution < 1.29 is 4.74 Å². The van der Waals surface area contributed by atoms with Crippen LogP contribution >= 0.6 is 11.6 Å². The van der Waals surface area contributed by atoms with Crippen LogP contribution in [-0.2, 0) is 0 Å². The van der Waals surface area contributed by atoms with Crippen LogP contribution in [0, 0.1) is 11.8 Å². The van der Waals surface area contributed by atoms with Crippen molar-refractivity contribution in [3.8, 4) is 5.75 Å². The van der Waals surface area contributed by atoms with Crippen LogP contribution in [-0.4, -0.2) is 20.2 Å². The zero-order valence-corrected chi connectivity index (χ0v) is 13.0. The number of piperidine rings is 1. The molecule has 3 rings (SSSR count). The second kappa shape index (κ2) is 6.36. The summed E-state index contributed by atoms with van der Waals surface area (Å²) in [6.07, 6.45) is 6.87. The lowest BCUT2D eigenvalue weighted by atomic mass is 9.73. The van der Waals surface area contributed by atoms with Gasteiger partial charge in [-0.25, -0.2) is 0 Å². The molecule has 2 nitrogen and oxygen atoms in total. The summed E-state index contributed by atoms with van der Waals surface area (Å²) in [5, 5.41) is 4.34. The molecule has 110 valence electrons. The minimum Gasteiger partial charge on any atom is -0.495 e. The predicted octanol–water partition coefficient (Wildman–Crippen LogP) is 4.23. The smallest absolute Gasteiger partial charge is 0.137 e. The molecule has 0 spiro atoms. The number of nitrogens with one attached hydrogen (secondary N) is 1. The molecule has 1 aromatic rings. The molecule has 1 aliphatic carbocycles. The molecule has 1 N–H and O–H groups in total. The Balaban J connectivity index is 1.83. The first-order valence-corrected chi connectivity index (χ1v) is 8.21. The summed E-state index contributed by atoms with van der Waals surface area (Å²) >= 11 is 6.32. The van der Waals surface area contributed by atoms with Gasteiger partial charge in [-0.3, -0.25) is 0 Å². The number of rotatable bonds is 3. The van der Waals surface area contributed by atoms with Crippen LogP contribution in [0.4, 0.5) is 0 Å². The highest BCUT2D eigenvalue weighted by Crippen LogP contribution is 2.43. The van der Waals surface area contributed by atoms with E-state index in [-0.39, 0.29) is 0 Å². The lowest BCUT2D eigenvalue weighted by Gasteiger charge is -2.36. The van der Waals surface area contributed by atoms with E-state index in [1.807, 2.05) is 6.07 Å². The number of ether oxygens (including phenoxy) is 1. The van der Waals surface area contributed by atoms with Gasteiger partial charge in [0, 0.05) is 0 Å². The van der Waals surface area contributed by atoms with Crippen LogP contribution in [0.15, 0.2) is 18.2 Å². The highest BCUT2D eigenvalue weighted by Gasteiger charge is 2.34. The summed E-state index contributed by atoms with van der Waals surface area (Å²) in [7, 11) is 1.67. The largest absolute Gasteiger partial charge is 0.495 e. The van der Waals surface area contributed by atoms with Gasteiger partial charge in [0.05, 0.1) is 12.1 Å². The van der Waals surface area contributed by atoms with Crippen LogP contribution in [0.2, 0.25) is 5.02 Å². The number of hydrogen-bond donors (Lipinski definition) is 1. The van der Waals surface area contributed by atoms with E-state index in [4.69, 9.17) is 16.3 Å². The maximum absolute atomic E-state index is 6.32. The van der Waals surface area contributed by atoms with Crippen LogP contribution in [0.5, 0.6) is 5.75 Å². The first-order chi connectivity index (χ1) is 9.79. The van der Waals surface area contributed by atoms with E-state index in [0.717, 1.165) is 29.2 Å². The topological polar surface area (TPSA) is 21.3 Å². The summed E-state index contributed by atoms with van der Waals surface area (Å²) in [4.78, 5) is 0. The van der Waals surface area contributed by atoms with Gasteiger partial charge in [-0.05, 0) is 55.0 Å². The Bertz CT molecular complexity index is 456. The van der Waals surface area contributed by atoms with Gasteiger partial charge in [0.2, 0.25) is 0 Å². The Morgan fingerprint density at radius 3 is 2.70 bits per heavy atom. The first-order valence-electron chi connectivity index (χ1n) is 7.83. The zero-order chi connectivity index (χ0) is 13.9. The highest BCUT2D eigenvalue weighted by molar-refractivity contribution is 6.32. The molecule has 0 amide bonds. The van der Waals surface area contributed by atoms with Crippen molar-refractivity contribution in [2.24, 2.45) is 11.8 Å². The average Bonchev–Trinajstić information content (AvgIpc) is 3.01. The van der Waals surface area contributed by atoms with Crippen LogP contribution < -0.4 is 10.1 Å². The van der Waals surface area contributed by atoms with Crippen LogP contribution in [0.25, 0.3) is 0 Å². The van der Waals surface area contributed by atoms with Crippen LogP contribution in [0.3, 0.4) is 0 Å². The third kappa shape index (κ3) is 2.82. The van der Waals surface area contributed by atoms with Crippen molar-refractivity contribution in [2.45, 2.75) is 38.0 Å². The van der Waals surface area contributed by atoms with Gasteiger partial charge in [-0.15, -0.1) is 0 Å². The van der Waals surface area contributed by atoms with Crippen molar-refractivity contribution in [1.29, 1.82) is 0 Å². The molecular weight excluding hydrogens is 270 g/mol. The highest BCUT2D eigenvalue weighted by atomic mass is 35.5. The van der Waals surface area contributed by atoms with E-state index in [0.29, 0.717) is 5.92 Å². The van der Waals surface area contributed by atoms with Gasteiger partial charge in [0.25, 0.3) is 0 Å². The molecule has 1 heterocycles. The van der Waals surface area contributed by atoms with Crippen molar-refractivity contribution in [1.82, 2.24) is 5.32 Å². The second-order valence-electron chi connectivity index (χ2n) is 6.20. The fraction of sp³-hybridized carbons (Fsp3) is 0.647. The predicted molar refractivity (Wildman–Crippen MR) is 83.7 cm³/mol. The minimum absolute atomic E-state index is 0.655. The number of halogens is 1. The maximum Gasteiger partial charge on any atom is 0.137 e. The van der Waals surface area contributed by atoms with Crippen molar-refractivity contribution in [3.63, 3.8) is 0 Å². The molecule has 1 aromatic carbocycles. The summed E-state index contributed by atoms with van der Waals surface area (Å²) in [5.74, 6) is 3.11. The molecule has 1 aliphatic heterocycles. The van der Waals surface area contributed by atoms with E-state index in [1.165, 1.54) is 44.2 Å². The normalized spacial score (nSPS) is 27.7. The maximum atomic E-state index is 6.32. The monoisotopic (exact) mass is 293 g/mol. The van der Waals surface area contributed by atoms with Crippen molar-refractivity contribution >= 4 is 11.6 Å². The first kappa shape index (κ1) is 14.2. The van der Waals surface area contributed by atoms with Gasteiger partial charge < -0.3 is 10.1 Å². The van der Waals surface area contributed by atoms with E-state index < -0.39 is 0 Å². The Kier molecular flexibility index (Phi) is 4.52. The van der Waals surface area contributed by atoms with Crippen molar-refractivity contribution in [2.75, 3.05) is 20.2 Å². The molecule has 0 radical (unpaired) electrons. The molecule has 1 saturated heterocycles. The minimum atomic E-state index is 0.655. The fourth-order valence-corrected chi connectivity index (χ4v) is 4.36. The molecule has 2 unspecified atom stereocenters. The second-order valence-corrected chi connectivity index (χ2v) is 6.61. The molecule has 2 fully saturated rings. The van der Waals surface area contributed by atoms with Crippen molar-refractivity contribution in [3.05, 3.63) is 28.8 Å². The number of methoxy groups -OCH3 is 1. The lowest BCUT2D eigenvalue weighted by Crippen LogP contribution is -2.38. The lowest BCUT2D eigenvalue weighted by molar-refractivity contribution is 0.231. The van der Waals surface area contributed by atoms with Gasteiger partial charge in [0.15, 0.2) is 0 Å². The van der Waals surface area contributed by atoms with Gasteiger partial charge in [-0.1, -0.05) is 43.4 Å². The quantitative estimate of drug-likeness (QED) is 0.900. The molecule has 3 heteroatoms. The zero-order valence-electron chi connectivity index (χ0n) is 12.2. The summed E-state index contributed by atoms with van der Waals surface area (Å²) < 4.78 is 5.27. The Hall–Kier alpha value is -0.730. The van der Waals surface area contributed by atoms with Gasteiger partial charge >= 0.3 is 0 Å². The Labute approximate surface area is 126 Å². The fourth-order valence-electron chi connectivity index (χ4n) is 4.09. The summed E-state index contributed by atoms with van der Waals surface area (Å²) in [5.41, 5.74) is 1.40. The van der Waals surface area contributed by atoms with Gasteiger partial charge in [-0.2, -0.15) is 0 Å². The molecule has 2 aliphatic rings. The molecule has 0 aromatic heterocycles. The van der Waals surface area contributed by atoms with Gasteiger partial charge in [0.1, 0.15) is 5.75 Å². The standard InChI is InChI=1S/C17H24ClNO/c1-20-17-7-6-13(10-16(17)18)14-8-9-19-11-15(14)12-4-2-3-5-12/h6-7,10,12,14-15,19H,2-5,8-9,11H2,1H3. The number of benzene rings is 1. The molecule has 0 bridgehead atoms. The third-order valence-corrected chi connectivity index (χ3v) is 5.43. The third-order valence-electron chi connectivity index (χ3n) is 5.14. The molecule has 1 saturated carbocycles. The van der Waals surface area contributed by atoms with E-state index >= 15 is 0 Å².